The molecular formula is C19H26O2. The van der Waals surface area contributed by atoms with Crippen LogP contribution in [0.3, 0.4) is 0 Å². The second kappa shape index (κ2) is 8.02. The van der Waals surface area contributed by atoms with Gasteiger partial charge in [-0.3, -0.25) is 0 Å². The highest BCUT2D eigenvalue weighted by Gasteiger charge is 2.24. The fourth-order valence-corrected chi connectivity index (χ4v) is 3.12. The molecular weight excluding hydrogens is 260 g/mol. The molecule has 0 spiro atoms. The van der Waals surface area contributed by atoms with Crippen molar-refractivity contribution >= 4 is 5.97 Å². The summed E-state index contributed by atoms with van der Waals surface area (Å²) in [6, 6.07) is 10.3. The zero-order chi connectivity index (χ0) is 15.1. The van der Waals surface area contributed by atoms with Crippen LogP contribution in [0.4, 0.5) is 0 Å². The van der Waals surface area contributed by atoms with Gasteiger partial charge in [0, 0.05) is 5.57 Å². The maximum atomic E-state index is 12.3. The molecule has 0 saturated heterocycles. The molecule has 2 rings (SSSR count). The zero-order valence-corrected chi connectivity index (χ0v) is 13.2. The molecule has 0 aromatic heterocycles. The van der Waals surface area contributed by atoms with Crippen molar-refractivity contribution in [2.24, 2.45) is 5.92 Å². The Balaban J connectivity index is 2.20. The number of hydrogen-bond acceptors (Lipinski definition) is 2. The molecule has 0 bridgehead atoms. The highest BCUT2D eigenvalue weighted by molar-refractivity contribution is 5.89. The molecule has 1 aliphatic carbocycles. The summed E-state index contributed by atoms with van der Waals surface area (Å²) >= 11 is 0. The number of rotatable bonds is 5. The van der Waals surface area contributed by atoms with Crippen LogP contribution in [0, 0.1) is 5.92 Å². The molecule has 2 nitrogen and oxygen atoms in total. The minimum Gasteiger partial charge on any atom is -0.463 e. The summed E-state index contributed by atoms with van der Waals surface area (Å²) in [6.45, 7) is 4.47. The van der Waals surface area contributed by atoms with E-state index in [-0.39, 0.29) is 11.9 Å². The summed E-state index contributed by atoms with van der Waals surface area (Å²) in [4.78, 5) is 12.3. The van der Waals surface area contributed by atoms with Gasteiger partial charge < -0.3 is 4.74 Å². The normalized spacial score (nSPS) is 18.3. The fourth-order valence-electron chi connectivity index (χ4n) is 3.12. The van der Waals surface area contributed by atoms with Crippen LogP contribution in [-0.2, 0) is 9.53 Å². The Morgan fingerprint density at radius 1 is 1.24 bits per heavy atom. The van der Waals surface area contributed by atoms with E-state index in [1.165, 1.54) is 24.8 Å². The summed E-state index contributed by atoms with van der Waals surface area (Å²) in [5.41, 5.74) is 2.14. The first-order valence-corrected chi connectivity index (χ1v) is 8.16. The van der Waals surface area contributed by atoms with Crippen molar-refractivity contribution in [1.82, 2.24) is 0 Å². The van der Waals surface area contributed by atoms with Gasteiger partial charge in [-0.15, -0.1) is 0 Å². The van der Waals surface area contributed by atoms with Crippen LogP contribution >= 0.6 is 0 Å². The third-order valence-corrected chi connectivity index (χ3v) is 4.31. The zero-order valence-electron chi connectivity index (χ0n) is 13.2. The second-order valence-corrected chi connectivity index (χ2v) is 5.88. The van der Waals surface area contributed by atoms with E-state index in [0.29, 0.717) is 12.5 Å². The number of allylic oxidation sites excluding steroid dienone is 1. The summed E-state index contributed by atoms with van der Waals surface area (Å²) in [7, 11) is 0. The Hall–Kier alpha value is -1.57. The molecule has 0 amide bonds. The van der Waals surface area contributed by atoms with Crippen molar-refractivity contribution in [1.29, 1.82) is 0 Å². The minimum atomic E-state index is -0.118. The predicted molar refractivity (Wildman–Crippen MR) is 86.1 cm³/mol. The largest absolute Gasteiger partial charge is 0.463 e. The number of esters is 1. The van der Waals surface area contributed by atoms with Gasteiger partial charge in [0.25, 0.3) is 0 Å². The first-order valence-electron chi connectivity index (χ1n) is 8.16. The average molecular weight is 286 g/mol. The Morgan fingerprint density at radius 2 is 1.90 bits per heavy atom. The van der Waals surface area contributed by atoms with Crippen LogP contribution in [0.15, 0.2) is 42.0 Å². The number of ether oxygens (including phenoxy) is 1. The van der Waals surface area contributed by atoms with E-state index in [1.807, 2.05) is 25.1 Å². The summed E-state index contributed by atoms with van der Waals surface area (Å²) in [5, 5.41) is 0. The lowest BCUT2D eigenvalue weighted by Crippen LogP contribution is -2.19. The topological polar surface area (TPSA) is 26.3 Å². The maximum Gasteiger partial charge on any atom is 0.333 e. The highest BCUT2D eigenvalue weighted by atomic mass is 16.5. The van der Waals surface area contributed by atoms with Crippen molar-refractivity contribution in [2.45, 2.75) is 51.9 Å². The SMILES string of the molecule is CCOC(=O)/C(=C/C(C)c1ccccc1)C1CCCCC1. The summed E-state index contributed by atoms with van der Waals surface area (Å²) in [5.74, 6) is 0.503. The van der Waals surface area contributed by atoms with Crippen LogP contribution in [-0.4, -0.2) is 12.6 Å². The third kappa shape index (κ3) is 4.45. The number of hydrogen-bond donors (Lipinski definition) is 0. The van der Waals surface area contributed by atoms with Gasteiger partial charge in [-0.1, -0.05) is 62.6 Å². The Morgan fingerprint density at radius 3 is 2.52 bits per heavy atom. The van der Waals surface area contributed by atoms with Crippen molar-refractivity contribution in [3.63, 3.8) is 0 Å². The van der Waals surface area contributed by atoms with Crippen LogP contribution in [0.2, 0.25) is 0 Å². The Labute approximate surface area is 128 Å². The number of carbonyl (C=O) groups is 1. The van der Waals surface area contributed by atoms with E-state index < -0.39 is 0 Å². The van der Waals surface area contributed by atoms with Gasteiger partial charge >= 0.3 is 5.97 Å². The fraction of sp³-hybridized carbons (Fsp3) is 0.526. The quantitative estimate of drug-likeness (QED) is 0.571. The molecule has 2 heteroatoms. The molecule has 0 heterocycles. The first-order chi connectivity index (χ1) is 10.2. The third-order valence-electron chi connectivity index (χ3n) is 4.31. The predicted octanol–water partition coefficient (Wildman–Crippen LogP) is 4.86. The van der Waals surface area contributed by atoms with E-state index in [2.05, 4.69) is 25.1 Å². The van der Waals surface area contributed by atoms with Crippen LogP contribution in [0.1, 0.15) is 57.4 Å². The lowest BCUT2D eigenvalue weighted by Gasteiger charge is -2.24. The maximum absolute atomic E-state index is 12.3. The van der Waals surface area contributed by atoms with E-state index in [9.17, 15) is 4.79 Å². The highest BCUT2D eigenvalue weighted by Crippen LogP contribution is 2.32. The molecule has 1 unspecified atom stereocenters. The number of benzene rings is 1. The van der Waals surface area contributed by atoms with Crippen molar-refractivity contribution < 1.29 is 9.53 Å². The minimum absolute atomic E-state index is 0.118. The summed E-state index contributed by atoms with van der Waals surface area (Å²) < 4.78 is 5.29. The Bertz CT molecular complexity index is 470. The monoisotopic (exact) mass is 286 g/mol. The second-order valence-electron chi connectivity index (χ2n) is 5.88. The van der Waals surface area contributed by atoms with E-state index in [4.69, 9.17) is 4.74 Å². The molecule has 0 radical (unpaired) electrons. The lowest BCUT2D eigenvalue weighted by molar-refractivity contribution is -0.139. The molecule has 21 heavy (non-hydrogen) atoms. The van der Waals surface area contributed by atoms with Gasteiger partial charge in [-0.2, -0.15) is 0 Å². The van der Waals surface area contributed by atoms with Gasteiger partial charge in [-0.25, -0.2) is 4.79 Å². The van der Waals surface area contributed by atoms with Gasteiger partial charge in [0.1, 0.15) is 0 Å². The Kier molecular flexibility index (Phi) is 6.04. The van der Waals surface area contributed by atoms with E-state index >= 15 is 0 Å². The van der Waals surface area contributed by atoms with Gasteiger partial charge in [0.15, 0.2) is 0 Å². The molecule has 0 N–H and O–H groups in total. The van der Waals surface area contributed by atoms with Crippen LogP contribution in [0.25, 0.3) is 0 Å². The van der Waals surface area contributed by atoms with Gasteiger partial charge in [0.2, 0.25) is 0 Å². The van der Waals surface area contributed by atoms with E-state index in [1.54, 1.807) is 0 Å². The standard InChI is InChI=1S/C19H26O2/c1-3-21-19(20)18(17-12-8-5-9-13-17)14-15(2)16-10-6-4-7-11-16/h4,6-7,10-11,14-15,17H,3,5,8-9,12-13H2,1-2H3/b18-14+. The number of carbonyl (C=O) groups excluding carboxylic acids is 1. The van der Waals surface area contributed by atoms with Crippen molar-refractivity contribution in [2.75, 3.05) is 6.61 Å². The smallest absolute Gasteiger partial charge is 0.333 e. The molecule has 0 aliphatic heterocycles. The van der Waals surface area contributed by atoms with Crippen LogP contribution < -0.4 is 0 Å². The lowest BCUT2D eigenvalue weighted by atomic mass is 9.82. The van der Waals surface area contributed by atoms with Crippen molar-refractivity contribution in [3.05, 3.63) is 47.5 Å². The molecule has 1 aromatic rings. The molecule has 1 atom stereocenters. The molecule has 114 valence electrons. The molecule has 1 saturated carbocycles. The van der Waals surface area contributed by atoms with Gasteiger partial charge in [-0.05, 0) is 37.2 Å². The average Bonchev–Trinajstić information content (AvgIpc) is 2.54. The first kappa shape index (κ1) is 15.8. The van der Waals surface area contributed by atoms with Gasteiger partial charge in [0.05, 0.1) is 6.61 Å². The molecule has 1 fully saturated rings. The molecule has 1 aromatic carbocycles. The van der Waals surface area contributed by atoms with Crippen LogP contribution in [0.5, 0.6) is 0 Å². The van der Waals surface area contributed by atoms with Crippen molar-refractivity contribution in [3.8, 4) is 0 Å². The summed E-state index contributed by atoms with van der Waals surface area (Å²) in [6.07, 6.45) is 8.10. The van der Waals surface area contributed by atoms with E-state index in [0.717, 1.165) is 18.4 Å². The molecule has 1 aliphatic rings.